The van der Waals surface area contributed by atoms with Gasteiger partial charge in [-0.15, -0.1) is 0 Å². The number of aromatic nitrogens is 1. The van der Waals surface area contributed by atoms with Gasteiger partial charge in [0.05, 0.1) is 0 Å². The zero-order valence-corrected chi connectivity index (χ0v) is 12.3. The number of hydrogen-bond acceptors (Lipinski definition) is 3. The Morgan fingerprint density at radius 2 is 1.86 bits per heavy atom. The Balaban J connectivity index is 1.71. The van der Waals surface area contributed by atoms with Gasteiger partial charge in [0.1, 0.15) is 5.69 Å². The van der Waals surface area contributed by atoms with Gasteiger partial charge in [-0.2, -0.15) is 0 Å². The van der Waals surface area contributed by atoms with Crippen LogP contribution in [0.5, 0.6) is 0 Å². The first kappa shape index (κ1) is 14.4. The van der Waals surface area contributed by atoms with Crippen LogP contribution in [0.1, 0.15) is 40.1 Å². The first-order valence-corrected chi connectivity index (χ1v) is 7.56. The molecule has 22 heavy (non-hydrogen) atoms. The predicted octanol–water partition coefficient (Wildman–Crippen LogP) is 2.96. The minimum absolute atomic E-state index is 0.0257. The van der Waals surface area contributed by atoms with Gasteiger partial charge in [-0.1, -0.05) is 36.4 Å². The fraction of sp³-hybridized carbons (Fsp3) is 0.278. The normalized spacial score (nSPS) is 17.5. The van der Waals surface area contributed by atoms with Gasteiger partial charge in [0.2, 0.25) is 0 Å². The van der Waals surface area contributed by atoms with Crippen molar-refractivity contribution in [3.05, 3.63) is 66.0 Å². The fourth-order valence-corrected chi connectivity index (χ4v) is 2.91. The molecule has 4 heteroatoms. The van der Waals surface area contributed by atoms with E-state index in [4.69, 9.17) is 0 Å². The van der Waals surface area contributed by atoms with Crippen molar-refractivity contribution in [1.29, 1.82) is 0 Å². The highest BCUT2D eigenvalue weighted by molar-refractivity contribution is 5.97. The van der Waals surface area contributed by atoms with Crippen LogP contribution in [0.15, 0.2) is 54.7 Å². The van der Waals surface area contributed by atoms with Gasteiger partial charge in [-0.25, -0.2) is 0 Å². The molecular formula is C18H18N2O2. The van der Waals surface area contributed by atoms with E-state index in [1.165, 1.54) is 0 Å². The Bertz CT molecular complexity index is 655. The molecule has 1 aromatic carbocycles. The molecule has 1 atom stereocenters. The molecule has 3 rings (SSSR count). The predicted molar refractivity (Wildman–Crippen MR) is 83.7 cm³/mol. The van der Waals surface area contributed by atoms with Gasteiger partial charge in [-0.05, 0) is 25.0 Å². The van der Waals surface area contributed by atoms with Crippen LogP contribution in [0, 0.1) is 0 Å². The van der Waals surface area contributed by atoms with Crippen molar-refractivity contribution >= 4 is 11.7 Å². The van der Waals surface area contributed by atoms with Gasteiger partial charge in [0, 0.05) is 30.8 Å². The van der Waals surface area contributed by atoms with Crippen LogP contribution in [0.25, 0.3) is 0 Å². The van der Waals surface area contributed by atoms with Crippen molar-refractivity contribution in [2.45, 2.75) is 25.3 Å². The summed E-state index contributed by atoms with van der Waals surface area (Å²) in [5, 5.41) is 0. The molecule has 2 heterocycles. The molecule has 4 nitrogen and oxygen atoms in total. The number of nitrogens with zero attached hydrogens (tertiary/aromatic N) is 2. The lowest BCUT2D eigenvalue weighted by atomic mass is 10.0. The molecule has 1 fully saturated rings. The van der Waals surface area contributed by atoms with E-state index in [2.05, 4.69) is 4.98 Å². The van der Waals surface area contributed by atoms with Crippen molar-refractivity contribution in [1.82, 2.24) is 9.88 Å². The monoisotopic (exact) mass is 294 g/mol. The van der Waals surface area contributed by atoms with Gasteiger partial charge < -0.3 is 4.90 Å². The summed E-state index contributed by atoms with van der Waals surface area (Å²) in [5.41, 5.74) is 1.15. The standard InChI is InChI=1S/C18H18N2O2/c21-17(14-7-2-1-3-8-14)13-15-9-6-12-20(15)18(22)16-10-4-5-11-19-16/h1-5,7-8,10-11,15H,6,9,12-13H2/t15-/m1/s1. The minimum Gasteiger partial charge on any atom is -0.334 e. The zero-order chi connectivity index (χ0) is 15.4. The SMILES string of the molecule is O=C(C[C@H]1CCCN1C(=O)c1ccccn1)c1ccccc1. The third-order valence-electron chi connectivity index (χ3n) is 4.04. The summed E-state index contributed by atoms with van der Waals surface area (Å²) < 4.78 is 0. The zero-order valence-electron chi connectivity index (χ0n) is 12.3. The second-order valence-electron chi connectivity index (χ2n) is 5.50. The summed E-state index contributed by atoms with van der Waals surface area (Å²) in [4.78, 5) is 30.8. The molecule has 0 radical (unpaired) electrons. The quantitative estimate of drug-likeness (QED) is 0.815. The van der Waals surface area contributed by atoms with Crippen molar-refractivity contribution in [3.63, 3.8) is 0 Å². The summed E-state index contributed by atoms with van der Waals surface area (Å²) in [6.45, 7) is 0.697. The molecule has 112 valence electrons. The molecule has 0 bridgehead atoms. The number of carbonyl (C=O) groups excluding carboxylic acids is 2. The number of pyridine rings is 1. The molecule has 1 aliphatic rings. The van der Waals surface area contributed by atoms with E-state index in [1.54, 1.807) is 29.3 Å². The third-order valence-corrected chi connectivity index (χ3v) is 4.04. The van der Waals surface area contributed by atoms with Crippen LogP contribution in [-0.2, 0) is 0 Å². The molecule has 0 N–H and O–H groups in total. The molecule has 1 aromatic heterocycles. The molecule has 1 saturated heterocycles. The Morgan fingerprint density at radius 3 is 2.59 bits per heavy atom. The van der Waals surface area contributed by atoms with Crippen LogP contribution in [0.3, 0.4) is 0 Å². The maximum Gasteiger partial charge on any atom is 0.272 e. The highest BCUT2D eigenvalue weighted by Gasteiger charge is 2.31. The van der Waals surface area contributed by atoms with E-state index < -0.39 is 0 Å². The van der Waals surface area contributed by atoms with Gasteiger partial charge in [0.25, 0.3) is 5.91 Å². The Morgan fingerprint density at radius 1 is 1.09 bits per heavy atom. The van der Waals surface area contributed by atoms with Crippen molar-refractivity contribution in [3.8, 4) is 0 Å². The first-order valence-electron chi connectivity index (χ1n) is 7.56. The number of benzene rings is 1. The van der Waals surface area contributed by atoms with Crippen LogP contribution >= 0.6 is 0 Å². The van der Waals surface area contributed by atoms with Crippen LogP contribution < -0.4 is 0 Å². The van der Waals surface area contributed by atoms with Crippen molar-refractivity contribution < 1.29 is 9.59 Å². The van der Waals surface area contributed by atoms with E-state index >= 15 is 0 Å². The van der Waals surface area contributed by atoms with Gasteiger partial charge in [0.15, 0.2) is 5.78 Å². The average Bonchev–Trinajstić information content (AvgIpc) is 3.04. The average molecular weight is 294 g/mol. The Kier molecular flexibility index (Phi) is 4.28. The first-order chi connectivity index (χ1) is 10.8. The Hall–Kier alpha value is -2.49. The summed E-state index contributed by atoms with van der Waals surface area (Å²) in [5.74, 6) is 0.00952. The number of rotatable bonds is 4. The van der Waals surface area contributed by atoms with E-state index in [1.807, 2.05) is 30.3 Å². The molecule has 1 amide bonds. The molecule has 0 aliphatic carbocycles. The molecule has 0 unspecified atom stereocenters. The number of carbonyl (C=O) groups is 2. The van der Waals surface area contributed by atoms with Crippen LogP contribution in [0.4, 0.5) is 0 Å². The number of Topliss-reactive ketones (excluding diaryl/α,β-unsaturated/α-hetero) is 1. The van der Waals surface area contributed by atoms with E-state index in [0.717, 1.165) is 12.8 Å². The molecule has 2 aromatic rings. The van der Waals surface area contributed by atoms with E-state index in [9.17, 15) is 9.59 Å². The number of amides is 1. The van der Waals surface area contributed by atoms with Crippen molar-refractivity contribution in [2.24, 2.45) is 0 Å². The van der Waals surface area contributed by atoms with E-state index in [-0.39, 0.29) is 17.7 Å². The molecular weight excluding hydrogens is 276 g/mol. The molecule has 0 spiro atoms. The minimum atomic E-state index is -0.0797. The number of likely N-dealkylation sites (tertiary alicyclic amines) is 1. The maximum absolute atomic E-state index is 12.5. The molecule has 1 aliphatic heterocycles. The lowest BCUT2D eigenvalue weighted by Gasteiger charge is -2.24. The second-order valence-corrected chi connectivity index (χ2v) is 5.50. The summed E-state index contributed by atoms with van der Waals surface area (Å²) in [6.07, 6.45) is 3.80. The van der Waals surface area contributed by atoms with Crippen LogP contribution in [0.2, 0.25) is 0 Å². The lowest BCUT2D eigenvalue weighted by molar-refractivity contribution is 0.0711. The largest absolute Gasteiger partial charge is 0.334 e. The van der Waals surface area contributed by atoms with Gasteiger partial charge in [-0.3, -0.25) is 14.6 Å². The summed E-state index contributed by atoms with van der Waals surface area (Å²) in [7, 11) is 0. The maximum atomic E-state index is 12.5. The smallest absolute Gasteiger partial charge is 0.272 e. The van der Waals surface area contributed by atoms with Gasteiger partial charge >= 0.3 is 0 Å². The number of hydrogen-bond donors (Lipinski definition) is 0. The highest BCUT2D eigenvalue weighted by atomic mass is 16.2. The highest BCUT2D eigenvalue weighted by Crippen LogP contribution is 2.23. The Labute approximate surface area is 129 Å². The topological polar surface area (TPSA) is 50.3 Å². The fourth-order valence-electron chi connectivity index (χ4n) is 2.91. The van der Waals surface area contributed by atoms with Crippen molar-refractivity contribution in [2.75, 3.05) is 6.54 Å². The third kappa shape index (κ3) is 3.06. The van der Waals surface area contributed by atoms with Crippen LogP contribution in [-0.4, -0.2) is 34.2 Å². The second kappa shape index (κ2) is 6.52. The lowest BCUT2D eigenvalue weighted by Crippen LogP contribution is -2.37. The summed E-state index contributed by atoms with van der Waals surface area (Å²) >= 11 is 0. The molecule has 0 saturated carbocycles. The number of ketones is 1. The van der Waals surface area contributed by atoms with E-state index in [0.29, 0.717) is 24.2 Å². The summed E-state index contributed by atoms with van der Waals surface area (Å²) in [6, 6.07) is 14.5.